The van der Waals surface area contributed by atoms with Crippen molar-refractivity contribution in [2.24, 2.45) is 0 Å². The molecule has 2 saturated heterocycles. The van der Waals surface area contributed by atoms with Crippen molar-refractivity contribution in [2.45, 2.75) is 317 Å². The summed E-state index contributed by atoms with van der Waals surface area (Å²) >= 11 is 0. The molecule has 0 aromatic carbocycles. The number of esters is 2. The Kier molecular flexibility index (Phi) is 37.7. The lowest BCUT2D eigenvalue weighted by Gasteiger charge is -2.49. The predicted molar refractivity (Wildman–Crippen MR) is 291 cm³/mol. The van der Waals surface area contributed by atoms with Crippen molar-refractivity contribution >= 4 is 19.8 Å². The number of unbranched alkanes of at least 4 members (excludes halogenated alkanes) is 27. The van der Waals surface area contributed by atoms with Gasteiger partial charge in [-0.1, -0.05) is 187 Å². The van der Waals surface area contributed by atoms with Crippen molar-refractivity contribution in [3.05, 3.63) is 0 Å². The zero-order chi connectivity index (χ0) is 58.9. The number of carbonyl (C=O) groups excluding carboxylic acids is 2. The van der Waals surface area contributed by atoms with Crippen LogP contribution in [-0.4, -0.2) is 204 Å². The van der Waals surface area contributed by atoms with Crippen molar-refractivity contribution < 1.29 is 113 Å². The molecule has 0 bridgehead atoms. The molecule has 24 heteroatoms. The number of ether oxygens (including phenoxy) is 6. The molecule has 3 aliphatic rings. The van der Waals surface area contributed by atoms with Crippen LogP contribution in [0.4, 0.5) is 0 Å². The Morgan fingerprint density at radius 1 is 0.425 bits per heavy atom. The van der Waals surface area contributed by atoms with E-state index in [4.69, 9.17) is 37.5 Å². The Morgan fingerprint density at radius 2 is 0.750 bits per heavy atom. The van der Waals surface area contributed by atoms with Crippen LogP contribution < -0.4 is 0 Å². The normalized spacial score (nSPS) is 31.2. The molecule has 3 fully saturated rings. The van der Waals surface area contributed by atoms with Crippen molar-refractivity contribution in [1.29, 1.82) is 0 Å². The highest BCUT2D eigenvalue weighted by atomic mass is 31.2. The van der Waals surface area contributed by atoms with Gasteiger partial charge in [0.15, 0.2) is 18.7 Å². The highest BCUT2D eigenvalue weighted by Gasteiger charge is 2.58. The van der Waals surface area contributed by atoms with E-state index in [2.05, 4.69) is 13.8 Å². The average molecular weight is 1180 g/mol. The number of aliphatic hydroxyl groups excluding tert-OH is 11. The van der Waals surface area contributed by atoms with Crippen LogP contribution in [-0.2, 0) is 51.6 Å². The van der Waals surface area contributed by atoms with Crippen LogP contribution in [0.1, 0.15) is 213 Å². The third-order valence-electron chi connectivity index (χ3n) is 15.4. The molecule has 1 aliphatic carbocycles. The number of carbonyl (C=O) groups is 2. The van der Waals surface area contributed by atoms with Gasteiger partial charge in [-0.3, -0.25) is 18.6 Å². The maximum absolute atomic E-state index is 14.0. The molecule has 16 atom stereocenters. The second kappa shape index (κ2) is 41.5. The Balaban J connectivity index is 1.69. The predicted octanol–water partition coefficient (Wildman–Crippen LogP) is 4.54. The van der Waals surface area contributed by atoms with Crippen LogP contribution in [0, 0.1) is 0 Å². The van der Waals surface area contributed by atoms with Crippen LogP contribution >= 0.6 is 7.82 Å². The van der Waals surface area contributed by atoms with Gasteiger partial charge >= 0.3 is 19.8 Å². The van der Waals surface area contributed by atoms with Gasteiger partial charge in [0.05, 0.1) is 19.8 Å². The van der Waals surface area contributed by atoms with E-state index in [9.17, 15) is 75.2 Å². The molecular weight excluding hydrogens is 1070 g/mol. The SMILES string of the molecule is CCCCCCCCCCCCCCCCCC(=O)OC(COC(=O)CCCCCCCCCCCCCCCC)COP(=O)(O)OC1C(OC2OC(CO)C(O)C(O)C2O)C(O)C(O)C(O)C1OC1OC(CO)C(O)C(O)C1O. The fraction of sp³-hybridized carbons (Fsp3) is 0.964. The van der Waals surface area contributed by atoms with Crippen LogP contribution in [0.2, 0.25) is 0 Å². The average Bonchev–Trinajstić information content (AvgIpc) is 3.47. The lowest BCUT2D eigenvalue weighted by atomic mass is 9.84. The molecule has 0 amide bonds. The molecule has 80 heavy (non-hydrogen) atoms. The molecule has 0 radical (unpaired) electrons. The largest absolute Gasteiger partial charge is 0.472 e. The van der Waals surface area contributed by atoms with Gasteiger partial charge in [0.2, 0.25) is 0 Å². The molecule has 3 rings (SSSR count). The van der Waals surface area contributed by atoms with Crippen LogP contribution in [0.3, 0.4) is 0 Å². The van der Waals surface area contributed by atoms with Gasteiger partial charge in [0, 0.05) is 12.8 Å². The summed E-state index contributed by atoms with van der Waals surface area (Å²) in [5.41, 5.74) is 0. The first kappa shape index (κ1) is 72.7. The third kappa shape index (κ3) is 26.8. The zero-order valence-corrected chi connectivity index (χ0v) is 48.8. The van der Waals surface area contributed by atoms with E-state index in [1.54, 1.807) is 0 Å². The molecule has 472 valence electrons. The summed E-state index contributed by atoms with van der Waals surface area (Å²) in [5.74, 6) is -1.32. The third-order valence-corrected chi connectivity index (χ3v) is 16.4. The number of aliphatic hydroxyl groups is 11. The first-order valence-electron chi connectivity index (χ1n) is 30.4. The van der Waals surface area contributed by atoms with Crippen LogP contribution in [0.5, 0.6) is 0 Å². The Bertz CT molecular complexity index is 1600. The van der Waals surface area contributed by atoms with Crippen LogP contribution in [0.15, 0.2) is 0 Å². The highest BCUT2D eigenvalue weighted by molar-refractivity contribution is 7.47. The second-order valence-corrected chi connectivity index (χ2v) is 23.6. The maximum atomic E-state index is 14.0. The molecule has 16 unspecified atom stereocenters. The summed E-state index contributed by atoms with van der Waals surface area (Å²) in [6.45, 7) is 1.04. The number of hydrogen-bond acceptors (Lipinski definition) is 22. The molecule has 0 spiro atoms. The molecule has 1 saturated carbocycles. The van der Waals surface area contributed by atoms with Crippen molar-refractivity contribution in [3.8, 4) is 0 Å². The van der Waals surface area contributed by atoms with Gasteiger partial charge in [-0.05, 0) is 12.8 Å². The first-order chi connectivity index (χ1) is 38.4. The Labute approximate surface area is 474 Å². The first-order valence-corrected chi connectivity index (χ1v) is 31.9. The number of phosphoric ester groups is 1. The lowest BCUT2D eigenvalue weighted by molar-refractivity contribution is -0.360. The second-order valence-electron chi connectivity index (χ2n) is 22.2. The molecule has 12 N–H and O–H groups in total. The maximum Gasteiger partial charge on any atom is 0.472 e. The van der Waals surface area contributed by atoms with Gasteiger partial charge in [-0.15, -0.1) is 0 Å². The molecular formula is C56H105O23P. The Hall–Kier alpha value is -1.55. The van der Waals surface area contributed by atoms with E-state index in [-0.39, 0.29) is 12.8 Å². The summed E-state index contributed by atoms with van der Waals surface area (Å²) in [5, 5.41) is 117. The van der Waals surface area contributed by atoms with Crippen molar-refractivity contribution in [1.82, 2.24) is 0 Å². The number of rotatable bonds is 45. The Morgan fingerprint density at radius 3 is 1.10 bits per heavy atom. The molecule has 2 heterocycles. The fourth-order valence-corrected chi connectivity index (χ4v) is 11.3. The van der Waals surface area contributed by atoms with E-state index < -0.39 is 150 Å². The topological polar surface area (TPSA) is 368 Å². The van der Waals surface area contributed by atoms with E-state index in [1.165, 1.54) is 116 Å². The van der Waals surface area contributed by atoms with Crippen LogP contribution in [0.25, 0.3) is 0 Å². The minimum Gasteiger partial charge on any atom is -0.462 e. The van der Waals surface area contributed by atoms with Gasteiger partial charge in [-0.2, -0.15) is 0 Å². The zero-order valence-electron chi connectivity index (χ0n) is 47.9. The fourth-order valence-electron chi connectivity index (χ4n) is 10.4. The summed E-state index contributed by atoms with van der Waals surface area (Å²) in [6.07, 6.45) is -2.10. The summed E-state index contributed by atoms with van der Waals surface area (Å²) in [4.78, 5) is 37.5. The van der Waals surface area contributed by atoms with Gasteiger partial charge < -0.3 is 89.5 Å². The van der Waals surface area contributed by atoms with E-state index in [0.29, 0.717) is 12.8 Å². The number of phosphoric acid groups is 1. The van der Waals surface area contributed by atoms with E-state index >= 15 is 0 Å². The quantitative estimate of drug-likeness (QED) is 0.0226. The minimum atomic E-state index is -5.63. The molecule has 0 aromatic heterocycles. The minimum absolute atomic E-state index is 0.0246. The van der Waals surface area contributed by atoms with Crippen molar-refractivity contribution in [3.63, 3.8) is 0 Å². The van der Waals surface area contributed by atoms with Gasteiger partial charge in [-0.25, -0.2) is 4.57 Å². The lowest BCUT2D eigenvalue weighted by Crippen LogP contribution is -2.69. The monoisotopic (exact) mass is 1180 g/mol. The highest BCUT2D eigenvalue weighted by Crippen LogP contribution is 2.49. The smallest absolute Gasteiger partial charge is 0.462 e. The van der Waals surface area contributed by atoms with Crippen molar-refractivity contribution in [2.75, 3.05) is 26.4 Å². The van der Waals surface area contributed by atoms with E-state index in [0.717, 1.165) is 57.8 Å². The van der Waals surface area contributed by atoms with E-state index in [1.807, 2.05) is 0 Å². The van der Waals surface area contributed by atoms with Gasteiger partial charge in [0.25, 0.3) is 0 Å². The standard InChI is InChI=1S/C56H105O23P/c1-3-5-7-9-11-13-15-17-19-21-23-25-27-29-31-33-42(60)74-38(36-72-41(59)32-30-28-26-24-22-20-18-16-14-12-10-8-6-4-2)37-73-80(70,71)79-54-52(77-55-50(68)45(63)43(61)39(34-57)75-55)48(66)47(65)49(67)53(54)78-56-51(69)46(64)44(62)40(35-58)76-56/h38-40,43-58,61-69H,3-37H2,1-2H3,(H,70,71). The molecule has 2 aliphatic heterocycles. The van der Waals surface area contributed by atoms with Gasteiger partial charge in [0.1, 0.15) is 92.1 Å². The molecule has 23 nitrogen and oxygen atoms in total. The summed E-state index contributed by atoms with van der Waals surface area (Å²) < 4.78 is 58.2. The molecule has 0 aromatic rings. The summed E-state index contributed by atoms with van der Waals surface area (Å²) in [6, 6.07) is 0. The number of hydrogen-bond donors (Lipinski definition) is 12. The summed E-state index contributed by atoms with van der Waals surface area (Å²) in [7, 11) is -5.63.